The summed E-state index contributed by atoms with van der Waals surface area (Å²) in [7, 11) is 0. The number of benzene rings is 2. The number of rotatable bonds is 4. The summed E-state index contributed by atoms with van der Waals surface area (Å²) in [5, 5.41) is 3.70. The number of carbonyl (C=O) groups excluding carboxylic acids is 1. The minimum atomic E-state index is -0.579. The molecular formula is C15H14ClFN2O. The number of amides is 1. The zero-order valence-electron chi connectivity index (χ0n) is 10.9. The monoisotopic (exact) mass is 292 g/mol. The third kappa shape index (κ3) is 3.27. The van der Waals surface area contributed by atoms with Crippen LogP contribution >= 0.6 is 11.6 Å². The minimum absolute atomic E-state index is 0.244. The second-order valence-corrected chi connectivity index (χ2v) is 4.92. The normalized spacial score (nSPS) is 10.3. The van der Waals surface area contributed by atoms with Gasteiger partial charge in [-0.15, -0.1) is 0 Å². The van der Waals surface area contributed by atoms with Crippen LogP contribution in [0.3, 0.4) is 0 Å². The highest BCUT2D eigenvalue weighted by molar-refractivity contribution is 6.30. The van der Waals surface area contributed by atoms with Crippen molar-refractivity contribution in [3.63, 3.8) is 0 Å². The SMILES string of the molecule is Cc1ccc(Cl)cc1NCc1cc(C(N)=O)ccc1F. The summed E-state index contributed by atoms with van der Waals surface area (Å²) < 4.78 is 13.7. The van der Waals surface area contributed by atoms with E-state index in [1.54, 1.807) is 12.1 Å². The fourth-order valence-corrected chi connectivity index (χ4v) is 2.01. The van der Waals surface area contributed by atoms with Crippen molar-refractivity contribution >= 4 is 23.2 Å². The molecule has 0 bridgehead atoms. The van der Waals surface area contributed by atoms with Crippen molar-refractivity contribution in [3.8, 4) is 0 Å². The van der Waals surface area contributed by atoms with E-state index in [9.17, 15) is 9.18 Å². The average molecular weight is 293 g/mol. The first kappa shape index (κ1) is 14.3. The third-order valence-electron chi connectivity index (χ3n) is 3.00. The van der Waals surface area contributed by atoms with Crippen LogP contribution in [0.2, 0.25) is 5.02 Å². The van der Waals surface area contributed by atoms with Gasteiger partial charge in [-0.05, 0) is 42.8 Å². The number of hydrogen-bond acceptors (Lipinski definition) is 2. The van der Waals surface area contributed by atoms with Crippen LogP contribution in [0.4, 0.5) is 10.1 Å². The van der Waals surface area contributed by atoms with E-state index in [0.717, 1.165) is 11.3 Å². The van der Waals surface area contributed by atoms with Crippen molar-refractivity contribution in [1.29, 1.82) is 0 Å². The summed E-state index contributed by atoms with van der Waals surface area (Å²) >= 11 is 5.92. The molecule has 0 saturated heterocycles. The highest BCUT2D eigenvalue weighted by Crippen LogP contribution is 2.21. The molecule has 0 aromatic heterocycles. The van der Waals surface area contributed by atoms with Crippen molar-refractivity contribution in [2.24, 2.45) is 5.73 Å². The fraction of sp³-hybridized carbons (Fsp3) is 0.133. The van der Waals surface area contributed by atoms with E-state index in [1.807, 2.05) is 13.0 Å². The van der Waals surface area contributed by atoms with Crippen LogP contribution in [0.25, 0.3) is 0 Å². The molecule has 0 aliphatic heterocycles. The second kappa shape index (κ2) is 5.92. The van der Waals surface area contributed by atoms with Gasteiger partial charge in [-0.1, -0.05) is 17.7 Å². The number of anilines is 1. The standard InChI is InChI=1S/C15H14ClFN2O/c1-9-2-4-12(16)7-14(9)19-8-11-6-10(15(18)20)3-5-13(11)17/h2-7,19H,8H2,1H3,(H2,18,20). The molecule has 0 aliphatic carbocycles. The number of aryl methyl sites for hydroxylation is 1. The number of halogens is 2. The molecule has 0 heterocycles. The predicted molar refractivity (Wildman–Crippen MR) is 78.4 cm³/mol. The molecule has 3 N–H and O–H groups in total. The van der Waals surface area contributed by atoms with E-state index in [4.69, 9.17) is 17.3 Å². The van der Waals surface area contributed by atoms with Crippen LogP contribution < -0.4 is 11.1 Å². The van der Waals surface area contributed by atoms with Gasteiger partial charge >= 0.3 is 0 Å². The van der Waals surface area contributed by atoms with Gasteiger partial charge in [-0.25, -0.2) is 4.39 Å². The van der Waals surface area contributed by atoms with Gasteiger partial charge in [0.15, 0.2) is 0 Å². The Morgan fingerprint density at radius 3 is 2.75 bits per heavy atom. The fourth-order valence-electron chi connectivity index (χ4n) is 1.84. The third-order valence-corrected chi connectivity index (χ3v) is 3.23. The molecular weight excluding hydrogens is 279 g/mol. The van der Waals surface area contributed by atoms with Gasteiger partial charge in [-0.2, -0.15) is 0 Å². The topological polar surface area (TPSA) is 55.1 Å². The van der Waals surface area contributed by atoms with Crippen molar-refractivity contribution in [2.75, 3.05) is 5.32 Å². The number of nitrogens with two attached hydrogens (primary N) is 1. The molecule has 0 fully saturated rings. The molecule has 0 atom stereocenters. The first-order chi connectivity index (χ1) is 9.47. The van der Waals surface area contributed by atoms with Gasteiger partial charge in [0.25, 0.3) is 0 Å². The Morgan fingerprint density at radius 2 is 2.05 bits per heavy atom. The molecule has 0 radical (unpaired) electrons. The van der Waals surface area contributed by atoms with Gasteiger partial charge in [0, 0.05) is 28.4 Å². The van der Waals surface area contributed by atoms with Crippen LogP contribution in [0, 0.1) is 12.7 Å². The smallest absolute Gasteiger partial charge is 0.248 e. The van der Waals surface area contributed by atoms with Crippen LogP contribution in [-0.4, -0.2) is 5.91 Å². The molecule has 2 rings (SSSR count). The lowest BCUT2D eigenvalue weighted by molar-refractivity contribution is 0.1000. The van der Waals surface area contributed by atoms with Crippen LogP contribution in [0.5, 0.6) is 0 Å². The summed E-state index contributed by atoms with van der Waals surface area (Å²) in [5.74, 6) is -0.965. The Balaban J connectivity index is 2.20. The van der Waals surface area contributed by atoms with Crippen molar-refractivity contribution in [1.82, 2.24) is 0 Å². The highest BCUT2D eigenvalue weighted by atomic mass is 35.5. The molecule has 5 heteroatoms. The maximum absolute atomic E-state index is 13.7. The molecule has 0 saturated carbocycles. The molecule has 2 aromatic carbocycles. The van der Waals surface area contributed by atoms with E-state index >= 15 is 0 Å². The Kier molecular flexibility index (Phi) is 4.25. The Bertz CT molecular complexity index is 658. The summed E-state index contributed by atoms with van der Waals surface area (Å²) in [6.07, 6.45) is 0. The Morgan fingerprint density at radius 1 is 1.30 bits per heavy atom. The van der Waals surface area contributed by atoms with Crippen LogP contribution in [-0.2, 0) is 6.54 Å². The molecule has 0 aliphatic rings. The van der Waals surface area contributed by atoms with Crippen LogP contribution in [0.15, 0.2) is 36.4 Å². The quantitative estimate of drug-likeness (QED) is 0.906. The summed E-state index contributed by atoms with van der Waals surface area (Å²) in [6.45, 7) is 2.17. The lowest BCUT2D eigenvalue weighted by atomic mass is 10.1. The molecule has 1 amide bonds. The van der Waals surface area contributed by atoms with Gasteiger partial charge < -0.3 is 11.1 Å². The predicted octanol–water partition coefficient (Wildman–Crippen LogP) is 3.50. The Hall–Kier alpha value is -2.07. The molecule has 2 aromatic rings. The average Bonchev–Trinajstić information content (AvgIpc) is 2.41. The largest absolute Gasteiger partial charge is 0.381 e. The maximum atomic E-state index is 13.7. The maximum Gasteiger partial charge on any atom is 0.248 e. The van der Waals surface area contributed by atoms with Crippen LogP contribution in [0.1, 0.15) is 21.5 Å². The van der Waals surface area contributed by atoms with Gasteiger partial charge in [-0.3, -0.25) is 4.79 Å². The van der Waals surface area contributed by atoms with E-state index < -0.39 is 5.91 Å². The first-order valence-corrected chi connectivity index (χ1v) is 6.43. The summed E-state index contributed by atoms with van der Waals surface area (Å²) in [4.78, 5) is 11.1. The Labute approximate surface area is 121 Å². The first-order valence-electron chi connectivity index (χ1n) is 6.05. The number of carbonyl (C=O) groups is 1. The minimum Gasteiger partial charge on any atom is -0.381 e. The van der Waals surface area contributed by atoms with Gasteiger partial charge in [0.05, 0.1) is 0 Å². The number of primary amides is 1. The van der Waals surface area contributed by atoms with E-state index in [1.165, 1.54) is 18.2 Å². The molecule has 104 valence electrons. The summed E-state index contributed by atoms with van der Waals surface area (Å²) in [6, 6.07) is 9.49. The zero-order chi connectivity index (χ0) is 14.7. The highest BCUT2D eigenvalue weighted by Gasteiger charge is 2.08. The molecule has 3 nitrogen and oxygen atoms in total. The van der Waals surface area contributed by atoms with E-state index in [-0.39, 0.29) is 17.9 Å². The molecule has 0 spiro atoms. The van der Waals surface area contributed by atoms with Gasteiger partial charge in [0.2, 0.25) is 5.91 Å². The van der Waals surface area contributed by atoms with Gasteiger partial charge in [0.1, 0.15) is 5.82 Å². The van der Waals surface area contributed by atoms with Crippen molar-refractivity contribution in [3.05, 3.63) is 63.9 Å². The van der Waals surface area contributed by atoms with E-state index in [0.29, 0.717) is 10.6 Å². The van der Waals surface area contributed by atoms with E-state index in [2.05, 4.69) is 5.32 Å². The zero-order valence-corrected chi connectivity index (χ0v) is 11.7. The number of hydrogen-bond donors (Lipinski definition) is 2. The molecule has 20 heavy (non-hydrogen) atoms. The van der Waals surface area contributed by atoms with Crippen molar-refractivity contribution < 1.29 is 9.18 Å². The number of nitrogens with one attached hydrogen (secondary N) is 1. The second-order valence-electron chi connectivity index (χ2n) is 4.48. The summed E-state index contributed by atoms with van der Waals surface area (Å²) in [5.41, 5.74) is 7.67. The van der Waals surface area contributed by atoms with Crippen molar-refractivity contribution in [2.45, 2.75) is 13.5 Å². The lowest BCUT2D eigenvalue weighted by Crippen LogP contribution is -2.12. The molecule has 0 unspecified atom stereocenters. The lowest BCUT2D eigenvalue weighted by Gasteiger charge is -2.11.